The molecule has 0 unspecified atom stereocenters. The minimum absolute atomic E-state index is 0.103. The van der Waals surface area contributed by atoms with E-state index in [4.69, 9.17) is 14.7 Å². The fourth-order valence-corrected chi connectivity index (χ4v) is 3.35. The number of ether oxygens (including phenoxy) is 1. The number of allylic oxidation sites excluding steroid dienone is 3. The molecular formula is C22H26N2O4S. The van der Waals surface area contributed by atoms with Crippen molar-refractivity contribution < 1.29 is 17.3 Å². The van der Waals surface area contributed by atoms with Crippen LogP contribution in [0.1, 0.15) is 18.9 Å². The van der Waals surface area contributed by atoms with Gasteiger partial charge in [-0.15, -0.1) is 0 Å². The van der Waals surface area contributed by atoms with Gasteiger partial charge in [0.15, 0.2) is 0 Å². The lowest BCUT2D eigenvalue weighted by Crippen LogP contribution is -2.10. The molecule has 0 fully saturated rings. The quantitative estimate of drug-likeness (QED) is 0.274. The zero-order valence-corrected chi connectivity index (χ0v) is 17.4. The van der Waals surface area contributed by atoms with E-state index in [-0.39, 0.29) is 10.6 Å². The van der Waals surface area contributed by atoms with Crippen molar-refractivity contribution >= 4 is 16.3 Å². The van der Waals surface area contributed by atoms with E-state index in [1.54, 1.807) is 48.7 Å². The highest BCUT2D eigenvalue weighted by Crippen LogP contribution is 2.25. The summed E-state index contributed by atoms with van der Waals surface area (Å²) in [7, 11) is -3.89. The molecule has 154 valence electrons. The molecule has 0 saturated carbocycles. The molecule has 0 atom stereocenters. The molecule has 0 saturated heterocycles. The van der Waals surface area contributed by atoms with Gasteiger partial charge in [-0.3, -0.25) is 4.99 Å². The summed E-state index contributed by atoms with van der Waals surface area (Å²) in [4.78, 5) is 4.35. The Bertz CT molecular complexity index is 981. The topological polar surface area (TPSA) is 91.0 Å². The first-order valence-corrected chi connectivity index (χ1v) is 10.6. The van der Waals surface area contributed by atoms with Gasteiger partial charge in [-0.1, -0.05) is 24.3 Å². The molecule has 0 aliphatic carbocycles. The van der Waals surface area contributed by atoms with Crippen molar-refractivity contribution in [1.29, 1.82) is 0 Å². The fourth-order valence-electron chi connectivity index (χ4n) is 2.41. The number of hydrogen-bond donors (Lipinski definition) is 1. The number of rotatable bonds is 10. The average molecular weight is 415 g/mol. The Morgan fingerprint density at radius 2 is 1.86 bits per heavy atom. The van der Waals surface area contributed by atoms with E-state index in [0.29, 0.717) is 31.0 Å². The summed E-state index contributed by atoms with van der Waals surface area (Å²) in [5, 5.41) is 0. The van der Waals surface area contributed by atoms with Crippen LogP contribution in [-0.4, -0.2) is 27.8 Å². The molecule has 0 aliphatic heterocycles. The van der Waals surface area contributed by atoms with Crippen LogP contribution in [0, 0.1) is 6.92 Å². The van der Waals surface area contributed by atoms with Crippen LogP contribution in [-0.2, 0) is 10.1 Å². The van der Waals surface area contributed by atoms with Gasteiger partial charge >= 0.3 is 10.1 Å². The number of aryl methyl sites for hydroxylation is 1. The van der Waals surface area contributed by atoms with E-state index >= 15 is 0 Å². The summed E-state index contributed by atoms with van der Waals surface area (Å²) in [5.41, 5.74) is 7.19. The summed E-state index contributed by atoms with van der Waals surface area (Å²) < 4.78 is 35.7. The lowest BCUT2D eigenvalue weighted by molar-refractivity contribution is 0.312. The lowest BCUT2D eigenvalue weighted by Gasteiger charge is -2.11. The Balaban J connectivity index is 1.91. The highest BCUT2D eigenvalue weighted by Gasteiger charge is 2.16. The zero-order chi connectivity index (χ0) is 21.1. The summed E-state index contributed by atoms with van der Waals surface area (Å²) in [6.07, 6.45) is 7.77. The maximum atomic E-state index is 12.4. The summed E-state index contributed by atoms with van der Waals surface area (Å²) >= 11 is 0. The van der Waals surface area contributed by atoms with E-state index in [9.17, 15) is 8.42 Å². The molecule has 29 heavy (non-hydrogen) atoms. The number of aliphatic imine (C=N–C) groups is 1. The largest absolute Gasteiger partial charge is 0.493 e. The molecule has 2 rings (SSSR count). The summed E-state index contributed by atoms with van der Waals surface area (Å²) in [6.45, 7) is 4.78. The molecule has 6 nitrogen and oxygen atoms in total. The van der Waals surface area contributed by atoms with Crippen LogP contribution < -0.4 is 14.7 Å². The van der Waals surface area contributed by atoms with Gasteiger partial charge in [0, 0.05) is 30.9 Å². The van der Waals surface area contributed by atoms with Gasteiger partial charge in [0.1, 0.15) is 16.4 Å². The predicted molar refractivity (Wildman–Crippen MR) is 116 cm³/mol. The van der Waals surface area contributed by atoms with Crippen molar-refractivity contribution in [2.75, 3.05) is 13.2 Å². The first-order valence-electron chi connectivity index (χ1n) is 9.23. The van der Waals surface area contributed by atoms with Gasteiger partial charge in [-0.25, -0.2) is 0 Å². The van der Waals surface area contributed by atoms with Crippen molar-refractivity contribution in [3.63, 3.8) is 0 Å². The standard InChI is InChI=1S/C22H26N2O4S/c1-3-8-19(23)11-13-24-12-7-14-27-20-15-18(2)16-21(17-20)28-29(25,26)22-9-5-4-6-10-22/h3-6,8-11,13,15-17H,7,12,14,23H2,1-2H3/b8-3-,19-11+,24-13?. The number of nitrogens with zero attached hydrogens (tertiary/aromatic N) is 1. The summed E-state index contributed by atoms with van der Waals surface area (Å²) in [5.74, 6) is 0.760. The molecule has 0 aromatic heterocycles. The SMILES string of the molecule is C/C=C\C(N)=C/C=NCCCOc1cc(C)cc(OS(=O)(=O)c2ccccc2)c1. The Morgan fingerprint density at radius 1 is 1.14 bits per heavy atom. The number of benzene rings is 2. The van der Waals surface area contributed by atoms with E-state index < -0.39 is 10.1 Å². The highest BCUT2D eigenvalue weighted by molar-refractivity contribution is 7.87. The first-order chi connectivity index (χ1) is 13.9. The third kappa shape index (κ3) is 7.83. The van der Waals surface area contributed by atoms with Crippen molar-refractivity contribution in [3.8, 4) is 11.5 Å². The monoisotopic (exact) mass is 414 g/mol. The Labute approximate surface area is 172 Å². The van der Waals surface area contributed by atoms with Gasteiger partial charge in [0.25, 0.3) is 0 Å². The summed E-state index contributed by atoms with van der Waals surface area (Å²) in [6, 6.07) is 13.1. The second kappa shape index (κ2) is 11.1. The molecule has 2 aromatic carbocycles. The third-order valence-electron chi connectivity index (χ3n) is 3.69. The van der Waals surface area contributed by atoms with Crippen molar-refractivity contribution in [2.45, 2.75) is 25.2 Å². The maximum Gasteiger partial charge on any atom is 0.339 e. The molecule has 0 heterocycles. The van der Waals surface area contributed by atoms with E-state index in [1.807, 2.05) is 26.0 Å². The van der Waals surface area contributed by atoms with Crippen LogP contribution in [0.4, 0.5) is 0 Å². The average Bonchev–Trinajstić information content (AvgIpc) is 2.67. The van der Waals surface area contributed by atoms with Gasteiger partial charge in [-0.05, 0) is 55.8 Å². The molecule has 7 heteroatoms. The Kier molecular flexibility index (Phi) is 8.48. The molecule has 0 aliphatic rings. The normalized spacial score (nSPS) is 12.6. The van der Waals surface area contributed by atoms with E-state index in [0.717, 1.165) is 5.56 Å². The molecule has 2 N–H and O–H groups in total. The molecule has 0 spiro atoms. The molecule has 2 aromatic rings. The van der Waals surface area contributed by atoms with Gasteiger partial charge < -0.3 is 14.7 Å². The Hall–Kier alpha value is -3.06. The molecule has 0 bridgehead atoms. The van der Waals surface area contributed by atoms with Gasteiger partial charge in [0.2, 0.25) is 0 Å². The Morgan fingerprint density at radius 3 is 2.59 bits per heavy atom. The highest BCUT2D eigenvalue weighted by atomic mass is 32.2. The van der Waals surface area contributed by atoms with Crippen molar-refractivity contribution in [1.82, 2.24) is 0 Å². The molecule has 0 radical (unpaired) electrons. The van der Waals surface area contributed by atoms with Gasteiger partial charge in [-0.2, -0.15) is 8.42 Å². The van der Waals surface area contributed by atoms with Crippen molar-refractivity contribution in [2.24, 2.45) is 10.7 Å². The smallest absolute Gasteiger partial charge is 0.339 e. The predicted octanol–water partition coefficient (Wildman–Crippen LogP) is 4.02. The molecule has 0 amide bonds. The van der Waals surface area contributed by atoms with Crippen LogP contribution in [0.3, 0.4) is 0 Å². The van der Waals surface area contributed by atoms with Gasteiger partial charge in [0.05, 0.1) is 6.61 Å². The zero-order valence-electron chi connectivity index (χ0n) is 16.6. The number of nitrogens with two attached hydrogens (primary N) is 1. The van der Waals surface area contributed by atoms with Crippen LogP contribution in [0.15, 0.2) is 82.3 Å². The fraction of sp³-hybridized carbons (Fsp3) is 0.227. The van der Waals surface area contributed by atoms with Crippen molar-refractivity contribution in [3.05, 3.63) is 78.0 Å². The lowest BCUT2D eigenvalue weighted by atomic mass is 10.2. The number of hydrogen-bond acceptors (Lipinski definition) is 6. The van der Waals surface area contributed by atoms with E-state index in [2.05, 4.69) is 4.99 Å². The first kappa shape index (κ1) is 22.2. The minimum atomic E-state index is -3.89. The maximum absolute atomic E-state index is 12.4. The van der Waals surface area contributed by atoms with Crippen LogP contribution in [0.5, 0.6) is 11.5 Å². The van der Waals surface area contributed by atoms with Crippen LogP contribution >= 0.6 is 0 Å². The second-order valence-electron chi connectivity index (χ2n) is 6.26. The third-order valence-corrected chi connectivity index (χ3v) is 4.96. The van der Waals surface area contributed by atoms with Crippen LogP contribution in [0.25, 0.3) is 0 Å². The van der Waals surface area contributed by atoms with E-state index in [1.165, 1.54) is 12.1 Å². The second-order valence-corrected chi connectivity index (χ2v) is 7.80. The minimum Gasteiger partial charge on any atom is -0.493 e. The van der Waals surface area contributed by atoms with Crippen LogP contribution in [0.2, 0.25) is 0 Å². The molecular weight excluding hydrogens is 388 g/mol.